The van der Waals surface area contributed by atoms with Crippen LogP contribution in [-0.2, 0) is 11.2 Å². The highest BCUT2D eigenvalue weighted by molar-refractivity contribution is 5.79. The topological polar surface area (TPSA) is 95.0 Å². The summed E-state index contributed by atoms with van der Waals surface area (Å²) >= 11 is 0. The number of aliphatic hydroxyl groups is 1. The predicted octanol–water partition coefficient (Wildman–Crippen LogP) is 3.79. The average Bonchev–Trinajstić information content (AvgIpc) is 3.19. The Balaban J connectivity index is 2.26. The van der Waals surface area contributed by atoms with Crippen molar-refractivity contribution in [1.82, 2.24) is 25.1 Å². The molecule has 0 unspecified atom stereocenters. The van der Waals surface area contributed by atoms with E-state index in [1.165, 1.54) is 0 Å². The van der Waals surface area contributed by atoms with Gasteiger partial charge in [-0.15, -0.1) is 0 Å². The Labute approximate surface area is 179 Å². The van der Waals surface area contributed by atoms with Crippen LogP contribution in [0.25, 0.3) is 16.8 Å². The van der Waals surface area contributed by atoms with Gasteiger partial charge in [-0.3, -0.25) is 9.89 Å². The van der Waals surface area contributed by atoms with Crippen LogP contribution < -0.4 is 0 Å². The number of hydrogen-bond acceptors (Lipinski definition) is 5. The fourth-order valence-corrected chi connectivity index (χ4v) is 3.41. The lowest BCUT2D eigenvalue weighted by molar-refractivity contribution is -0.134. The molecule has 0 aromatic carbocycles. The maximum absolute atomic E-state index is 11.9. The summed E-state index contributed by atoms with van der Waals surface area (Å²) in [4.78, 5) is 22.1. The molecular formula is C23H33N5O2. The van der Waals surface area contributed by atoms with Gasteiger partial charge in [-0.2, -0.15) is 5.10 Å². The van der Waals surface area contributed by atoms with Gasteiger partial charge in [0.2, 0.25) is 5.91 Å². The zero-order chi connectivity index (χ0) is 21.8. The fraction of sp³-hybridized carbons (Fsp3) is 0.478. The van der Waals surface area contributed by atoms with E-state index in [0.29, 0.717) is 13.1 Å². The van der Waals surface area contributed by atoms with Gasteiger partial charge in [0.1, 0.15) is 12.9 Å². The first-order valence-electron chi connectivity index (χ1n) is 10.7. The van der Waals surface area contributed by atoms with Crippen molar-refractivity contribution in [3.8, 4) is 11.3 Å². The Hall–Kier alpha value is -2.80. The molecule has 0 saturated heterocycles. The number of nitrogens with one attached hydrogen (secondary N) is 1. The molecule has 0 bridgehead atoms. The van der Waals surface area contributed by atoms with Crippen LogP contribution in [0.5, 0.6) is 0 Å². The largest absolute Gasteiger partial charge is 0.387 e. The lowest BCUT2D eigenvalue weighted by Crippen LogP contribution is -2.35. The van der Waals surface area contributed by atoms with Gasteiger partial charge in [0.15, 0.2) is 0 Å². The SMILES string of the molecule is C/C=C(\C/C=C\CC)c1n[nH]c(CCCN(CCC)C(=O)CO)c1-c1ccncn1. The van der Waals surface area contributed by atoms with Crippen LogP contribution >= 0.6 is 0 Å². The number of allylic oxidation sites excluding steroid dienone is 4. The summed E-state index contributed by atoms with van der Waals surface area (Å²) in [6.45, 7) is 6.97. The lowest BCUT2D eigenvalue weighted by atomic mass is 9.98. The number of carbonyl (C=O) groups is 1. The van der Waals surface area contributed by atoms with E-state index in [1.807, 2.05) is 19.9 Å². The van der Waals surface area contributed by atoms with Gasteiger partial charge in [-0.1, -0.05) is 32.1 Å². The number of hydrogen-bond donors (Lipinski definition) is 2. The van der Waals surface area contributed by atoms with Gasteiger partial charge in [0.25, 0.3) is 0 Å². The van der Waals surface area contributed by atoms with Crippen LogP contribution in [0.15, 0.2) is 36.8 Å². The number of aryl methyl sites for hydroxylation is 1. The molecule has 2 aromatic rings. The van der Waals surface area contributed by atoms with Gasteiger partial charge in [-0.25, -0.2) is 9.97 Å². The van der Waals surface area contributed by atoms with Gasteiger partial charge >= 0.3 is 0 Å². The summed E-state index contributed by atoms with van der Waals surface area (Å²) in [5.41, 5.74) is 4.86. The summed E-state index contributed by atoms with van der Waals surface area (Å²) in [6.07, 6.45) is 13.9. The monoisotopic (exact) mass is 411 g/mol. The van der Waals surface area contributed by atoms with Crippen LogP contribution in [-0.4, -0.2) is 55.8 Å². The minimum absolute atomic E-state index is 0.225. The van der Waals surface area contributed by atoms with Crippen molar-refractivity contribution in [3.05, 3.63) is 48.2 Å². The van der Waals surface area contributed by atoms with E-state index >= 15 is 0 Å². The molecule has 7 nitrogen and oxygen atoms in total. The molecule has 0 atom stereocenters. The predicted molar refractivity (Wildman–Crippen MR) is 120 cm³/mol. The van der Waals surface area contributed by atoms with Crippen molar-refractivity contribution < 1.29 is 9.90 Å². The van der Waals surface area contributed by atoms with Crippen molar-refractivity contribution in [3.63, 3.8) is 0 Å². The van der Waals surface area contributed by atoms with E-state index in [0.717, 1.165) is 60.3 Å². The van der Waals surface area contributed by atoms with E-state index in [9.17, 15) is 9.90 Å². The minimum atomic E-state index is -0.448. The number of amides is 1. The lowest BCUT2D eigenvalue weighted by Gasteiger charge is -2.21. The van der Waals surface area contributed by atoms with E-state index < -0.39 is 6.61 Å². The molecule has 0 spiro atoms. The third-order valence-electron chi connectivity index (χ3n) is 4.91. The number of rotatable bonds is 12. The number of aromatic nitrogens is 4. The molecule has 30 heavy (non-hydrogen) atoms. The number of aliphatic hydroxyl groups excluding tert-OH is 1. The second-order valence-electron chi connectivity index (χ2n) is 7.06. The Bertz CT molecular complexity index is 843. The van der Waals surface area contributed by atoms with Crippen LogP contribution in [0.1, 0.15) is 57.8 Å². The smallest absolute Gasteiger partial charge is 0.248 e. The van der Waals surface area contributed by atoms with E-state index in [1.54, 1.807) is 17.4 Å². The molecule has 0 aliphatic rings. The van der Waals surface area contributed by atoms with Crippen LogP contribution in [0.4, 0.5) is 0 Å². The molecule has 0 radical (unpaired) electrons. The van der Waals surface area contributed by atoms with Crippen LogP contribution in [0.2, 0.25) is 0 Å². The fourth-order valence-electron chi connectivity index (χ4n) is 3.41. The second-order valence-corrected chi connectivity index (χ2v) is 7.06. The summed E-state index contributed by atoms with van der Waals surface area (Å²) in [6, 6.07) is 1.89. The summed E-state index contributed by atoms with van der Waals surface area (Å²) < 4.78 is 0. The van der Waals surface area contributed by atoms with Crippen LogP contribution in [0.3, 0.4) is 0 Å². The third kappa shape index (κ3) is 6.35. The maximum Gasteiger partial charge on any atom is 0.248 e. The zero-order valence-corrected chi connectivity index (χ0v) is 18.3. The van der Waals surface area contributed by atoms with E-state index in [-0.39, 0.29) is 5.91 Å². The molecule has 1 amide bonds. The highest BCUT2D eigenvalue weighted by Gasteiger charge is 2.19. The Morgan fingerprint density at radius 1 is 1.27 bits per heavy atom. The van der Waals surface area contributed by atoms with Gasteiger partial charge in [0, 0.05) is 30.5 Å². The van der Waals surface area contributed by atoms with Crippen molar-refractivity contribution in [2.75, 3.05) is 19.7 Å². The van der Waals surface area contributed by atoms with Gasteiger partial charge in [-0.05, 0) is 50.7 Å². The molecule has 7 heteroatoms. The molecule has 0 saturated carbocycles. The second kappa shape index (κ2) is 12.7. The van der Waals surface area contributed by atoms with Crippen molar-refractivity contribution in [2.24, 2.45) is 0 Å². The maximum atomic E-state index is 11.9. The Morgan fingerprint density at radius 2 is 2.10 bits per heavy atom. The van der Waals surface area contributed by atoms with Gasteiger partial charge < -0.3 is 10.0 Å². The first kappa shape index (κ1) is 23.5. The molecule has 2 rings (SSSR count). The summed E-state index contributed by atoms with van der Waals surface area (Å²) in [7, 11) is 0. The van der Waals surface area contributed by atoms with E-state index in [2.05, 4.69) is 45.3 Å². The Kier molecular flexibility index (Phi) is 9.94. The number of H-pyrrole nitrogens is 1. The zero-order valence-electron chi connectivity index (χ0n) is 18.3. The molecule has 0 fully saturated rings. The first-order valence-corrected chi connectivity index (χ1v) is 10.7. The molecule has 0 aliphatic heterocycles. The van der Waals surface area contributed by atoms with E-state index in [4.69, 9.17) is 0 Å². The summed E-state index contributed by atoms with van der Waals surface area (Å²) in [5.74, 6) is -0.225. The quantitative estimate of drug-likeness (QED) is 0.518. The average molecular weight is 412 g/mol. The standard InChI is InChI=1S/C23H33N5O2/c1-4-7-8-10-18(6-3)23-22(19-12-13-24-17-25-19)20(26-27-23)11-9-15-28(14-5-2)21(30)16-29/h6-8,12-13,17,29H,4-5,9-11,14-16H2,1-3H3,(H,26,27)/b8-7-,18-6+. The van der Waals surface area contributed by atoms with Crippen molar-refractivity contribution in [2.45, 2.75) is 52.9 Å². The number of aromatic amines is 1. The van der Waals surface area contributed by atoms with Gasteiger partial charge in [0.05, 0.1) is 11.4 Å². The summed E-state index contributed by atoms with van der Waals surface area (Å²) in [5, 5.41) is 17.0. The molecule has 2 heterocycles. The van der Waals surface area contributed by atoms with Crippen molar-refractivity contribution >= 4 is 11.5 Å². The van der Waals surface area contributed by atoms with Crippen LogP contribution in [0, 0.1) is 0 Å². The molecule has 2 aromatic heterocycles. The minimum Gasteiger partial charge on any atom is -0.387 e. The molecular weight excluding hydrogens is 378 g/mol. The third-order valence-corrected chi connectivity index (χ3v) is 4.91. The highest BCUT2D eigenvalue weighted by Crippen LogP contribution is 2.31. The number of carbonyl (C=O) groups excluding carboxylic acids is 1. The van der Waals surface area contributed by atoms with Crippen molar-refractivity contribution in [1.29, 1.82) is 0 Å². The molecule has 162 valence electrons. The molecule has 2 N–H and O–H groups in total. The molecule has 0 aliphatic carbocycles. The normalized spacial score (nSPS) is 11.9. The first-order chi connectivity index (χ1) is 14.7. The highest BCUT2D eigenvalue weighted by atomic mass is 16.3. The number of nitrogens with zero attached hydrogens (tertiary/aromatic N) is 4. The Morgan fingerprint density at radius 3 is 2.73 bits per heavy atom.